The molecule has 19 heavy (non-hydrogen) atoms. The van der Waals surface area contributed by atoms with Gasteiger partial charge in [-0.05, 0) is 36.8 Å². The first-order valence-electron chi connectivity index (χ1n) is 5.57. The van der Waals surface area contributed by atoms with Gasteiger partial charge in [-0.3, -0.25) is 4.79 Å². The van der Waals surface area contributed by atoms with Crippen LogP contribution in [0.5, 0.6) is 0 Å². The van der Waals surface area contributed by atoms with Crippen molar-refractivity contribution < 1.29 is 4.79 Å². The number of anilines is 3. The lowest BCUT2D eigenvalue weighted by Gasteiger charge is -2.12. The van der Waals surface area contributed by atoms with Gasteiger partial charge in [-0.2, -0.15) is 0 Å². The number of hydrogen-bond acceptors (Lipinski definition) is 4. The van der Waals surface area contributed by atoms with E-state index in [2.05, 4.69) is 26.2 Å². The number of primary amides is 1. The monoisotopic (exact) mass is 320 g/mol. The zero-order valence-corrected chi connectivity index (χ0v) is 11.9. The number of nitrogens with zero attached hydrogens (tertiary/aromatic N) is 1. The minimum atomic E-state index is -0.589. The van der Waals surface area contributed by atoms with E-state index in [1.807, 2.05) is 25.1 Å². The third kappa shape index (κ3) is 2.85. The van der Waals surface area contributed by atoms with Crippen LogP contribution in [0, 0.1) is 6.92 Å². The van der Waals surface area contributed by atoms with Crippen molar-refractivity contribution in [2.45, 2.75) is 6.92 Å². The molecule has 1 aromatic heterocycles. The van der Waals surface area contributed by atoms with Crippen LogP contribution in [-0.4, -0.2) is 10.9 Å². The summed E-state index contributed by atoms with van der Waals surface area (Å²) in [6.45, 7) is 1.96. The predicted octanol–water partition coefficient (Wildman–Crippen LogP) is 2.58. The van der Waals surface area contributed by atoms with Gasteiger partial charge in [0.15, 0.2) is 5.82 Å². The van der Waals surface area contributed by atoms with Crippen molar-refractivity contribution in [3.8, 4) is 0 Å². The Kier molecular flexibility index (Phi) is 3.71. The maximum absolute atomic E-state index is 11.1. The van der Waals surface area contributed by atoms with Gasteiger partial charge < -0.3 is 16.8 Å². The van der Waals surface area contributed by atoms with Crippen molar-refractivity contribution in [1.82, 2.24) is 4.98 Å². The molecule has 2 aromatic rings. The van der Waals surface area contributed by atoms with E-state index >= 15 is 0 Å². The number of nitrogens with one attached hydrogen (secondary N) is 1. The van der Waals surface area contributed by atoms with E-state index in [4.69, 9.17) is 11.5 Å². The molecule has 0 aliphatic rings. The molecule has 0 saturated heterocycles. The number of rotatable bonds is 3. The summed E-state index contributed by atoms with van der Waals surface area (Å²) in [5.74, 6) is -0.175. The van der Waals surface area contributed by atoms with Crippen LogP contribution in [-0.2, 0) is 0 Å². The standard InChI is InChI=1S/C13H13BrN4O/c1-7-8(14)3-2-4-10(7)17-13-9(15)5-6-11(18-13)12(16)19/h2-6H,15H2,1H3,(H2,16,19)(H,17,18). The number of halogens is 1. The van der Waals surface area contributed by atoms with Crippen LogP contribution in [0.25, 0.3) is 0 Å². The summed E-state index contributed by atoms with van der Waals surface area (Å²) in [7, 11) is 0. The highest BCUT2D eigenvalue weighted by Gasteiger charge is 2.09. The fourth-order valence-corrected chi connectivity index (χ4v) is 1.94. The SMILES string of the molecule is Cc1c(Br)cccc1Nc1nc(C(N)=O)ccc1N. The third-order valence-corrected chi connectivity index (χ3v) is 3.56. The first-order valence-corrected chi connectivity index (χ1v) is 6.37. The number of hydrogen-bond donors (Lipinski definition) is 3. The average Bonchev–Trinajstić information content (AvgIpc) is 2.37. The summed E-state index contributed by atoms with van der Waals surface area (Å²) < 4.78 is 0.974. The Morgan fingerprint density at radius 2 is 2.05 bits per heavy atom. The normalized spacial score (nSPS) is 10.2. The van der Waals surface area contributed by atoms with Gasteiger partial charge in [-0.25, -0.2) is 4.98 Å². The Balaban J connectivity index is 2.40. The predicted molar refractivity (Wildman–Crippen MR) is 79.3 cm³/mol. The molecule has 98 valence electrons. The van der Waals surface area contributed by atoms with E-state index in [1.54, 1.807) is 6.07 Å². The Hall–Kier alpha value is -2.08. The lowest BCUT2D eigenvalue weighted by molar-refractivity contribution is 0.0996. The molecule has 0 radical (unpaired) electrons. The van der Waals surface area contributed by atoms with Gasteiger partial charge in [0.1, 0.15) is 5.69 Å². The van der Waals surface area contributed by atoms with Gasteiger partial charge in [0, 0.05) is 10.2 Å². The second-order valence-corrected chi connectivity index (χ2v) is 4.89. The van der Waals surface area contributed by atoms with Crippen LogP contribution in [0.4, 0.5) is 17.2 Å². The summed E-state index contributed by atoms with van der Waals surface area (Å²) in [5, 5.41) is 3.10. The molecular weight excluding hydrogens is 308 g/mol. The van der Waals surface area contributed by atoms with Crippen LogP contribution >= 0.6 is 15.9 Å². The summed E-state index contributed by atoms with van der Waals surface area (Å²) in [6, 6.07) is 8.84. The molecule has 2 rings (SSSR count). The number of benzene rings is 1. The molecule has 0 saturated carbocycles. The molecular formula is C13H13BrN4O. The van der Waals surface area contributed by atoms with Gasteiger partial charge >= 0.3 is 0 Å². The fraction of sp³-hybridized carbons (Fsp3) is 0.0769. The number of aromatic nitrogens is 1. The molecule has 5 N–H and O–H groups in total. The van der Waals surface area contributed by atoms with E-state index in [9.17, 15) is 4.79 Å². The maximum Gasteiger partial charge on any atom is 0.267 e. The van der Waals surface area contributed by atoms with Crippen LogP contribution in [0.15, 0.2) is 34.8 Å². The third-order valence-electron chi connectivity index (χ3n) is 2.70. The van der Waals surface area contributed by atoms with Crippen molar-refractivity contribution in [2.75, 3.05) is 11.1 Å². The van der Waals surface area contributed by atoms with Gasteiger partial charge in [-0.1, -0.05) is 22.0 Å². The van der Waals surface area contributed by atoms with Crippen LogP contribution in [0.3, 0.4) is 0 Å². The molecule has 6 heteroatoms. The minimum Gasteiger partial charge on any atom is -0.396 e. The van der Waals surface area contributed by atoms with Gasteiger partial charge in [0.2, 0.25) is 0 Å². The summed E-state index contributed by atoms with van der Waals surface area (Å²) in [4.78, 5) is 15.2. The van der Waals surface area contributed by atoms with E-state index in [0.717, 1.165) is 15.7 Å². The molecule has 0 bridgehead atoms. The van der Waals surface area contributed by atoms with Gasteiger partial charge in [0.25, 0.3) is 5.91 Å². The molecule has 5 nitrogen and oxygen atoms in total. The molecule has 0 aliphatic heterocycles. The largest absolute Gasteiger partial charge is 0.396 e. The van der Waals surface area contributed by atoms with Crippen molar-refractivity contribution >= 4 is 39.0 Å². The molecule has 0 atom stereocenters. The highest BCUT2D eigenvalue weighted by Crippen LogP contribution is 2.28. The molecule has 1 heterocycles. The van der Waals surface area contributed by atoms with Crippen LogP contribution < -0.4 is 16.8 Å². The summed E-state index contributed by atoms with van der Waals surface area (Å²) in [5.41, 5.74) is 13.5. The number of nitrogens with two attached hydrogens (primary N) is 2. The highest BCUT2D eigenvalue weighted by atomic mass is 79.9. The quantitative estimate of drug-likeness (QED) is 0.810. The maximum atomic E-state index is 11.1. The number of carbonyl (C=O) groups is 1. The average molecular weight is 321 g/mol. The van der Waals surface area contributed by atoms with E-state index in [0.29, 0.717) is 11.5 Å². The van der Waals surface area contributed by atoms with Gasteiger partial charge in [-0.15, -0.1) is 0 Å². The van der Waals surface area contributed by atoms with Crippen molar-refractivity contribution in [3.63, 3.8) is 0 Å². The minimum absolute atomic E-state index is 0.171. The van der Waals surface area contributed by atoms with Crippen molar-refractivity contribution in [3.05, 3.63) is 46.1 Å². The van der Waals surface area contributed by atoms with Crippen LogP contribution in [0.1, 0.15) is 16.1 Å². The summed E-state index contributed by atoms with van der Waals surface area (Å²) in [6.07, 6.45) is 0. The van der Waals surface area contributed by atoms with Gasteiger partial charge in [0.05, 0.1) is 5.69 Å². The molecule has 0 unspecified atom stereocenters. The Morgan fingerprint density at radius 3 is 2.74 bits per heavy atom. The second-order valence-electron chi connectivity index (χ2n) is 4.04. The lowest BCUT2D eigenvalue weighted by Crippen LogP contribution is -2.14. The molecule has 1 aromatic carbocycles. The van der Waals surface area contributed by atoms with Crippen LogP contribution in [0.2, 0.25) is 0 Å². The highest BCUT2D eigenvalue weighted by molar-refractivity contribution is 9.10. The zero-order valence-electron chi connectivity index (χ0n) is 10.3. The Labute approximate surface area is 119 Å². The Morgan fingerprint density at radius 1 is 1.32 bits per heavy atom. The summed E-state index contributed by atoms with van der Waals surface area (Å²) >= 11 is 3.45. The topological polar surface area (TPSA) is 94.0 Å². The first-order chi connectivity index (χ1) is 8.99. The number of nitrogen functional groups attached to an aromatic ring is 1. The van der Waals surface area contributed by atoms with Crippen molar-refractivity contribution in [1.29, 1.82) is 0 Å². The molecule has 0 aliphatic carbocycles. The van der Waals surface area contributed by atoms with E-state index in [-0.39, 0.29) is 5.69 Å². The van der Waals surface area contributed by atoms with E-state index < -0.39 is 5.91 Å². The number of amides is 1. The molecule has 1 amide bonds. The van der Waals surface area contributed by atoms with E-state index in [1.165, 1.54) is 6.07 Å². The smallest absolute Gasteiger partial charge is 0.267 e. The lowest BCUT2D eigenvalue weighted by atomic mass is 10.2. The zero-order chi connectivity index (χ0) is 14.0. The molecule has 0 fully saturated rings. The van der Waals surface area contributed by atoms with Crippen molar-refractivity contribution in [2.24, 2.45) is 5.73 Å². The molecule has 0 spiro atoms. The Bertz CT molecular complexity index is 643. The number of carbonyl (C=O) groups excluding carboxylic acids is 1. The first kappa shape index (κ1) is 13.4. The number of pyridine rings is 1. The fourth-order valence-electron chi connectivity index (χ4n) is 1.58. The second kappa shape index (κ2) is 5.27.